The molecular formula is C12H18N2O4. The Balaban J connectivity index is 2.11. The number of imide groups is 1. The smallest absolute Gasteiger partial charge is 0.324 e. The summed E-state index contributed by atoms with van der Waals surface area (Å²) in [5.74, 6) is -1.11. The highest BCUT2D eigenvalue weighted by molar-refractivity contribution is 6.02. The Morgan fingerprint density at radius 2 is 1.94 bits per heavy atom. The van der Waals surface area contributed by atoms with E-state index in [4.69, 9.17) is 5.11 Å². The third kappa shape index (κ3) is 2.63. The third-order valence-corrected chi connectivity index (χ3v) is 3.87. The molecule has 0 atom stereocenters. The van der Waals surface area contributed by atoms with E-state index >= 15 is 0 Å². The van der Waals surface area contributed by atoms with E-state index in [1.165, 1.54) is 4.90 Å². The molecule has 100 valence electrons. The van der Waals surface area contributed by atoms with Gasteiger partial charge in [0.25, 0.3) is 0 Å². The summed E-state index contributed by atoms with van der Waals surface area (Å²) in [6.45, 7) is 0.270. The first kappa shape index (κ1) is 12.9. The van der Waals surface area contributed by atoms with Crippen molar-refractivity contribution in [2.45, 2.75) is 38.5 Å². The minimum absolute atomic E-state index is 0.0297. The van der Waals surface area contributed by atoms with Gasteiger partial charge < -0.3 is 10.4 Å². The lowest BCUT2D eigenvalue weighted by Gasteiger charge is -2.38. The van der Waals surface area contributed by atoms with E-state index in [0.29, 0.717) is 0 Å². The van der Waals surface area contributed by atoms with Crippen LogP contribution in [0, 0.1) is 5.41 Å². The van der Waals surface area contributed by atoms with Crippen LogP contribution in [0.4, 0.5) is 4.79 Å². The number of urea groups is 1. The monoisotopic (exact) mass is 254 g/mol. The average molecular weight is 254 g/mol. The second-order valence-corrected chi connectivity index (χ2v) is 5.27. The van der Waals surface area contributed by atoms with E-state index in [9.17, 15) is 14.4 Å². The molecule has 1 aliphatic carbocycles. The molecule has 0 unspecified atom stereocenters. The lowest BCUT2D eigenvalue weighted by molar-refractivity contribution is -0.141. The topological polar surface area (TPSA) is 86.7 Å². The Morgan fingerprint density at radius 1 is 1.28 bits per heavy atom. The van der Waals surface area contributed by atoms with Crippen LogP contribution in [0.2, 0.25) is 0 Å². The second-order valence-electron chi connectivity index (χ2n) is 5.27. The summed E-state index contributed by atoms with van der Waals surface area (Å²) >= 11 is 0. The fourth-order valence-electron chi connectivity index (χ4n) is 2.96. The molecule has 0 aromatic rings. The van der Waals surface area contributed by atoms with Crippen LogP contribution in [-0.2, 0) is 9.59 Å². The number of carboxylic acid groups (broad SMARTS) is 1. The molecule has 0 aromatic heterocycles. The molecule has 1 saturated heterocycles. The molecule has 1 aliphatic heterocycles. The highest BCUT2D eigenvalue weighted by atomic mass is 16.4. The molecule has 2 N–H and O–H groups in total. The summed E-state index contributed by atoms with van der Waals surface area (Å²) in [5, 5.41) is 11.5. The highest BCUT2D eigenvalue weighted by Gasteiger charge is 2.40. The molecule has 6 nitrogen and oxygen atoms in total. The van der Waals surface area contributed by atoms with Gasteiger partial charge in [0.1, 0.15) is 0 Å². The van der Waals surface area contributed by atoms with Crippen LogP contribution in [0.25, 0.3) is 0 Å². The zero-order chi connectivity index (χ0) is 13.2. The van der Waals surface area contributed by atoms with Crippen molar-refractivity contribution in [2.75, 3.05) is 13.1 Å². The predicted octanol–water partition coefficient (Wildman–Crippen LogP) is 0.963. The van der Waals surface area contributed by atoms with E-state index in [1.54, 1.807) is 0 Å². The first-order chi connectivity index (χ1) is 8.52. The van der Waals surface area contributed by atoms with Gasteiger partial charge in [-0.25, -0.2) is 4.79 Å². The molecule has 18 heavy (non-hydrogen) atoms. The van der Waals surface area contributed by atoms with Crippen LogP contribution < -0.4 is 5.32 Å². The lowest BCUT2D eigenvalue weighted by Crippen LogP contribution is -2.43. The number of carboxylic acids is 1. The molecule has 0 bridgehead atoms. The number of aliphatic carboxylic acids is 1. The van der Waals surface area contributed by atoms with Gasteiger partial charge in [-0.1, -0.05) is 19.3 Å². The summed E-state index contributed by atoms with van der Waals surface area (Å²) in [4.78, 5) is 35.3. The number of carbonyl (C=O) groups is 3. The summed E-state index contributed by atoms with van der Waals surface area (Å²) in [7, 11) is 0. The van der Waals surface area contributed by atoms with Gasteiger partial charge in [-0.3, -0.25) is 14.5 Å². The van der Waals surface area contributed by atoms with E-state index in [2.05, 4.69) is 5.32 Å². The van der Waals surface area contributed by atoms with Gasteiger partial charge in [0.15, 0.2) is 0 Å². The van der Waals surface area contributed by atoms with Crippen LogP contribution in [0.1, 0.15) is 38.5 Å². The number of hydrogen-bond donors (Lipinski definition) is 2. The van der Waals surface area contributed by atoms with Crippen molar-refractivity contribution in [3.8, 4) is 0 Å². The molecule has 0 spiro atoms. The molecule has 6 heteroatoms. The first-order valence-corrected chi connectivity index (χ1v) is 6.32. The van der Waals surface area contributed by atoms with Crippen LogP contribution in [-0.4, -0.2) is 41.0 Å². The van der Waals surface area contributed by atoms with Crippen molar-refractivity contribution in [3.63, 3.8) is 0 Å². The van der Waals surface area contributed by atoms with Crippen molar-refractivity contribution in [3.05, 3.63) is 0 Å². The Kier molecular flexibility index (Phi) is 3.54. The van der Waals surface area contributed by atoms with E-state index in [1.807, 2.05) is 0 Å². The summed E-state index contributed by atoms with van der Waals surface area (Å²) < 4.78 is 0. The zero-order valence-corrected chi connectivity index (χ0v) is 10.3. The Labute approximate surface area is 105 Å². The van der Waals surface area contributed by atoms with Gasteiger partial charge >= 0.3 is 12.0 Å². The lowest BCUT2D eigenvalue weighted by atomic mass is 9.71. The Bertz CT molecular complexity index is 358. The molecule has 0 radical (unpaired) electrons. The molecule has 3 amide bonds. The van der Waals surface area contributed by atoms with Gasteiger partial charge in [-0.2, -0.15) is 0 Å². The maximum Gasteiger partial charge on any atom is 0.324 e. The summed E-state index contributed by atoms with van der Waals surface area (Å²) in [5.41, 5.74) is -0.429. The minimum atomic E-state index is -0.857. The van der Waals surface area contributed by atoms with Crippen LogP contribution in [0.15, 0.2) is 0 Å². The maximum atomic E-state index is 11.6. The molecule has 2 fully saturated rings. The highest BCUT2D eigenvalue weighted by Crippen LogP contribution is 2.40. The second kappa shape index (κ2) is 4.96. The maximum absolute atomic E-state index is 11.6. The number of carbonyl (C=O) groups excluding carboxylic acids is 2. The Hall–Kier alpha value is -1.59. The largest absolute Gasteiger partial charge is 0.481 e. The Morgan fingerprint density at radius 3 is 2.44 bits per heavy atom. The van der Waals surface area contributed by atoms with Crippen LogP contribution in [0.3, 0.4) is 0 Å². The van der Waals surface area contributed by atoms with Gasteiger partial charge in [-0.15, -0.1) is 0 Å². The van der Waals surface area contributed by atoms with Crippen molar-refractivity contribution >= 4 is 17.9 Å². The van der Waals surface area contributed by atoms with E-state index < -0.39 is 17.4 Å². The SMILES string of the molecule is O=C(O)CC1(CN2C(=O)CNC2=O)CCCCC1. The van der Waals surface area contributed by atoms with Gasteiger partial charge in [0, 0.05) is 6.54 Å². The van der Waals surface area contributed by atoms with Crippen molar-refractivity contribution in [1.82, 2.24) is 10.2 Å². The molecular weight excluding hydrogens is 236 g/mol. The van der Waals surface area contributed by atoms with Gasteiger partial charge in [-0.05, 0) is 18.3 Å². The number of rotatable bonds is 4. The number of nitrogens with one attached hydrogen (secondary N) is 1. The van der Waals surface area contributed by atoms with Crippen molar-refractivity contribution < 1.29 is 19.5 Å². The molecule has 0 aromatic carbocycles. The molecule has 2 aliphatic rings. The van der Waals surface area contributed by atoms with Crippen molar-refractivity contribution in [2.24, 2.45) is 5.41 Å². The van der Waals surface area contributed by atoms with Crippen molar-refractivity contribution in [1.29, 1.82) is 0 Å². The fourth-order valence-corrected chi connectivity index (χ4v) is 2.96. The molecule has 2 rings (SSSR count). The van der Waals surface area contributed by atoms with E-state index in [-0.39, 0.29) is 25.4 Å². The quantitative estimate of drug-likeness (QED) is 0.732. The summed E-state index contributed by atoms with van der Waals surface area (Å²) in [6, 6.07) is -0.393. The van der Waals surface area contributed by atoms with Gasteiger partial charge in [0.05, 0.1) is 13.0 Å². The molecule has 1 heterocycles. The third-order valence-electron chi connectivity index (χ3n) is 3.87. The summed E-state index contributed by atoms with van der Waals surface area (Å²) in [6.07, 6.45) is 4.62. The standard InChI is InChI=1S/C12H18N2O4/c15-9-7-13-11(18)14(9)8-12(6-10(16)17)4-2-1-3-5-12/h1-8H2,(H,13,18)(H,16,17). The first-order valence-electron chi connectivity index (χ1n) is 6.32. The number of amides is 3. The van der Waals surface area contributed by atoms with Crippen LogP contribution in [0.5, 0.6) is 0 Å². The van der Waals surface area contributed by atoms with Crippen LogP contribution >= 0.6 is 0 Å². The predicted molar refractivity (Wildman–Crippen MR) is 62.9 cm³/mol. The van der Waals surface area contributed by atoms with Gasteiger partial charge in [0.2, 0.25) is 5.91 Å². The average Bonchev–Trinajstić information content (AvgIpc) is 2.61. The zero-order valence-electron chi connectivity index (χ0n) is 10.3. The fraction of sp³-hybridized carbons (Fsp3) is 0.750. The normalized spacial score (nSPS) is 23.0. The number of nitrogens with zero attached hydrogens (tertiary/aromatic N) is 1. The molecule has 1 saturated carbocycles. The number of hydrogen-bond acceptors (Lipinski definition) is 3. The van der Waals surface area contributed by atoms with E-state index in [0.717, 1.165) is 32.1 Å². The minimum Gasteiger partial charge on any atom is -0.481 e.